The minimum absolute atomic E-state index is 0.0257. The van der Waals surface area contributed by atoms with Crippen molar-refractivity contribution in [3.63, 3.8) is 0 Å². The first-order valence-electron chi connectivity index (χ1n) is 6.99. The standard InChI is InChI=1S/C12H19N3O4S/c16-9-13-3-5-14(6-4-13)12(17)10-7-15(8-10)20(18,19)11-1-2-11/h9-11H,1-8H2. The Morgan fingerprint density at radius 1 is 1.05 bits per heavy atom. The van der Waals surface area contributed by atoms with Crippen molar-refractivity contribution in [2.24, 2.45) is 5.92 Å². The fourth-order valence-electron chi connectivity index (χ4n) is 2.68. The van der Waals surface area contributed by atoms with Crippen molar-refractivity contribution in [3.05, 3.63) is 0 Å². The molecule has 0 radical (unpaired) electrons. The summed E-state index contributed by atoms with van der Waals surface area (Å²) >= 11 is 0. The molecule has 8 heteroatoms. The predicted molar refractivity (Wildman–Crippen MR) is 71.2 cm³/mol. The summed E-state index contributed by atoms with van der Waals surface area (Å²) in [5.74, 6) is -0.177. The summed E-state index contributed by atoms with van der Waals surface area (Å²) < 4.78 is 25.4. The molecule has 0 unspecified atom stereocenters. The highest BCUT2D eigenvalue weighted by molar-refractivity contribution is 7.90. The summed E-state index contributed by atoms with van der Waals surface area (Å²) in [5, 5.41) is -0.199. The second-order valence-corrected chi connectivity index (χ2v) is 7.94. The molecule has 0 aromatic heterocycles. The molecule has 112 valence electrons. The maximum atomic E-state index is 12.2. The number of sulfonamides is 1. The van der Waals surface area contributed by atoms with Crippen molar-refractivity contribution >= 4 is 22.3 Å². The number of hydrogen-bond acceptors (Lipinski definition) is 4. The minimum atomic E-state index is -3.13. The van der Waals surface area contributed by atoms with E-state index in [2.05, 4.69) is 0 Å². The maximum absolute atomic E-state index is 12.2. The van der Waals surface area contributed by atoms with Gasteiger partial charge in [0.25, 0.3) is 0 Å². The van der Waals surface area contributed by atoms with Gasteiger partial charge in [0.1, 0.15) is 0 Å². The number of amides is 2. The van der Waals surface area contributed by atoms with Gasteiger partial charge in [0.05, 0.1) is 11.2 Å². The Kier molecular flexibility index (Phi) is 3.45. The van der Waals surface area contributed by atoms with Gasteiger partial charge < -0.3 is 9.80 Å². The van der Waals surface area contributed by atoms with E-state index in [0.29, 0.717) is 39.3 Å². The Morgan fingerprint density at radius 2 is 1.65 bits per heavy atom. The van der Waals surface area contributed by atoms with Crippen molar-refractivity contribution < 1.29 is 18.0 Å². The molecule has 0 atom stereocenters. The van der Waals surface area contributed by atoms with Gasteiger partial charge in [0.2, 0.25) is 22.3 Å². The van der Waals surface area contributed by atoms with Crippen LogP contribution in [0.4, 0.5) is 0 Å². The third-order valence-electron chi connectivity index (χ3n) is 4.28. The van der Waals surface area contributed by atoms with E-state index in [0.717, 1.165) is 19.3 Å². The maximum Gasteiger partial charge on any atom is 0.228 e. The van der Waals surface area contributed by atoms with Crippen LogP contribution < -0.4 is 0 Å². The first kappa shape index (κ1) is 13.8. The molecule has 0 N–H and O–H groups in total. The lowest BCUT2D eigenvalue weighted by Crippen LogP contribution is -2.59. The number of carbonyl (C=O) groups excluding carboxylic acids is 2. The van der Waals surface area contributed by atoms with E-state index >= 15 is 0 Å². The topological polar surface area (TPSA) is 78.0 Å². The first-order valence-corrected chi connectivity index (χ1v) is 8.50. The largest absolute Gasteiger partial charge is 0.342 e. The van der Waals surface area contributed by atoms with E-state index in [1.807, 2.05) is 0 Å². The number of piperazine rings is 1. The third-order valence-corrected chi connectivity index (χ3v) is 6.61. The SMILES string of the molecule is O=CN1CCN(C(=O)C2CN(S(=O)(=O)C3CC3)C2)CC1. The van der Waals surface area contributed by atoms with Crippen LogP contribution in [0, 0.1) is 5.92 Å². The smallest absolute Gasteiger partial charge is 0.228 e. The van der Waals surface area contributed by atoms with Gasteiger partial charge in [-0.2, -0.15) is 4.31 Å². The number of hydrogen-bond donors (Lipinski definition) is 0. The molecule has 0 spiro atoms. The average Bonchev–Trinajstić information content (AvgIpc) is 3.21. The summed E-state index contributed by atoms with van der Waals surface area (Å²) in [7, 11) is -3.13. The first-order chi connectivity index (χ1) is 9.52. The van der Waals surface area contributed by atoms with Crippen LogP contribution in [0.1, 0.15) is 12.8 Å². The van der Waals surface area contributed by atoms with Crippen LogP contribution in [0.3, 0.4) is 0 Å². The molecule has 20 heavy (non-hydrogen) atoms. The molecule has 0 aromatic rings. The van der Waals surface area contributed by atoms with Crippen molar-refractivity contribution in [1.82, 2.24) is 14.1 Å². The lowest BCUT2D eigenvalue weighted by atomic mass is 10.0. The van der Waals surface area contributed by atoms with Crippen molar-refractivity contribution in [2.45, 2.75) is 18.1 Å². The summed E-state index contributed by atoms with van der Waals surface area (Å²) in [6, 6.07) is 0. The monoisotopic (exact) mass is 301 g/mol. The summed E-state index contributed by atoms with van der Waals surface area (Å²) in [6.45, 7) is 2.86. The molecule has 1 aliphatic carbocycles. The van der Waals surface area contributed by atoms with Gasteiger partial charge in [0, 0.05) is 39.3 Å². The molecule has 0 aromatic carbocycles. The molecule has 0 bridgehead atoms. The van der Waals surface area contributed by atoms with Crippen molar-refractivity contribution in [2.75, 3.05) is 39.3 Å². The number of carbonyl (C=O) groups is 2. The lowest BCUT2D eigenvalue weighted by molar-refractivity contribution is -0.142. The molecule has 3 rings (SSSR count). The number of nitrogens with zero attached hydrogens (tertiary/aromatic N) is 3. The molecule has 3 aliphatic rings. The molecule has 7 nitrogen and oxygen atoms in total. The molecule has 2 aliphatic heterocycles. The van der Waals surface area contributed by atoms with Gasteiger partial charge in [-0.3, -0.25) is 9.59 Å². The third kappa shape index (κ3) is 2.42. The molecule has 3 fully saturated rings. The van der Waals surface area contributed by atoms with Crippen LogP contribution in [-0.4, -0.2) is 79.4 Å². The Bertz CT molecular complexity index is 503. The van der Waals surface area contributed by atoms with Gasteiger partial charge in [-0.15, -0.1) is 0 Å². The van der Waals surface area contributed by atoms with Crippen LogP contribution in [0.2, 0.25) is 0 Å². The summed E-state index contributed by atoms with van der Waals surface area (Å²) in [6.07, 6.45) is 2.31. The second kappa shape index (κ2) is 5.00. The highest BCUT2D eigenvalue weighted by atomic mass is 32.2. The molecule has 2 amide bonds. The van der Waals surface area contributed by atoms with E-state index < -0.39 is 10.0 Å². The van der Waals surface area contributed by atoms with Crippen molar-refractivity contribution in [3.8, 4) is 0 Å². The molecule has 2 heterocycles. The van der Waals surface area contributed by atoms with Crippen molar-refractivity contribution in [1.29, 1.82) is 0 Å². The van der Waals surface area contributed by atoms with E-state index in [-0.39, 0.29) is 17.1 Å². The fourth-order valence-corrected chi connectivity index (χ4v) is 4.61. The van der Waals surface area contributed by atoms with Gasteiger partial charge in [-0.25, -0.2) is 8.42 Å². The zero-order valence-electron chi connectivity index (χ0n) is 11.3. The summed E-state index contributed by atoms with van der Waals surface area (Å²) in [4.78, 5) is 26.2. The molecular weight excluding hydrogens is 282 g/mol. The quantitative estimate of drug-likeness (QED) is 0.605. The molecule has 1 saturated carbocycles. The fraction of sp³-hybridized carbons (Fsp3) is 0.833. The molecular formula is C12H19N3O4S. The van der Waals surface area contributed by atoms with Gasteiger partial charge in [-0.1, -0.05) is 0 Å². The Morgan fingerprint density at radius 3 is 2.15 bits per heavy atom. The van der Waals surface area contributed by atoms with Gasteiger partial charge >= 0.3 is 0 Å². The number of rotatable bonds is 4. The highest BCUT2D eigenvalue weighted by Crippen LogP contribution is 2.34. The van der Waals surface area contributed by atoms with Crippen LogP contribution in [0.5, 0.6) is 0 Å². The van der Waals surface area contributed by atoms with E-state index in [9.17, 15) is 18.0 Å². The second-order valence-electron chi connectivity index (χ2n) is 5.72. The Labute approximate surface area is 118 Å². The van der Waals surface area contributed by atoms with Crippen LogP contribution in [0.15, 0.2) is 0 Å². The summed E-state index contributed by atoms with van der Waals surface area (Å²) in [5.41, 5.74) is 0. The van der Waals surface area contributed by atoms with Gasteiger partial charge in [0.15, 0.2) is 0 Å². The Balaban J connectivity index is 1.50. The minimum Gasteiger partial charge on any atom is -0.342 e. The highest BCUT2D eigenvalue weighted by Gasteiger charge is 2.47. The Hall–Kier alpha value is -1.15. The van der Waals surface area contributed by atoms with E-state index in [1.54, 1.807) is 9.80 Å². The van der Waals surface area contributed by atoms with Crippen LogP contribution in [-0.2, 0) is 19.6 Å². The average molecular weight is 301 g/mol. The van der Waals surface area contributed by atoms with Gasteiger partial charge in [-0.05, 0) is 12.8 Å². The lowest BCUT2D eigenvalue weighted by Gasteiger charge is -2.41. The zero-order valence-corrected chi connectivity index (χ0v) is 12.1. The van der Waals surface area contributed by atoms with Crippen LogP contribution >= 0.6 is 0 Å². The van der Waals surface area contributed by atoms with Crippen LogP contribution in [0.25, 0.3) is 0 Å². The normalized spacial score (nSPS) is 25.4. The van der Waals surface area contributed by atoms with E-state index in [1.165, 1.54) is 4.31 Å². The predicted octanol–water partition coefficient (Wildman–Crippen LogP) is -1.29. The zero-order chi connectivity index (χ0) is 14.3. The van der Waals surface area contributed by atoms with E-state index in [4.69, 9.17) is 0 Å². The molecule has 2 saturated heterocycles.